The Bertz CT molecular complexity index is 1140. The normalized spacial score (nSPS) is 10.8. The first-order valence-electron chi connectivity index (χ1n) is 8.20. The number of nitrogens with zero attached hydrogens (tertiary/aromatic N) is 2. The van der Waals surface area contributed by atoms with Gasteiger partial charge in [-0.1, -0.05) is 18.2 Å². The second kappa shape index (κ2) is 6.44. The van der Waals surface area contributed by atoms with Crippen LogP contribution in [0.2, 0.25) is 0 Å². The van der Waals surface area contributed by atoms with Crippen LogP contribution >= 0.6 is 0 Å². The van der Waals surface area contributed by atoms with Crippen LogP contribution < -0.4 is 10.5 Å². The van der Waals surface area contributed by atoms with Crippen LogP contribution in [-0.2, 0) is 0 Å². The Hall–Kier alpha value is -3.47. The average Bonchev–Trinajstić information content (AvgIpc) is 2.67. The molecular weight excluding hydrogens is 329 g/mol. The highest BCUT2D eigenvalue weighted by molar-refractivity contribution is 5.79. The first kappa shape index (κ1) is 16.0. The van der Waals surface area contributed by atoms with Gasteiger partial charge in [0.15, 0.2) is 0 Å². The maximum atomic E-state index is 13.4. The van der Waals surface area contributed by atoms with E-state index in [1.807, 2.05) is 60.5 Å². The second-order valence-corrected chi connectivity index (χ2v) is 6.02. The van der Waals surface area contributed by atoms with Crippen molar-refractivity contribution in [2.45, 2.75) is 0 Å². The van der Waals surface area contributed by atoms with Crippen LogP contribution in [-0.4, -0.2) is 17.0 Å². The van der Waals surface area contributed by atoms with Gasteiger partial charge < -0.3 is 9.88 Å². The van der Waals surface area contributed by atoms with Crippen molar-refractivity contribution in [3.63, 3.8) is 0 Å². The monoisotopic (exact) mass is 345 g/mol. The summed E-state index contributed by atoms with van der Waals surface area (Å²) in [6, 6.07) is 21.3. The molecule has 0 saturated heterocycles. The third-order valence-electron chi connectivity index (χ3n) is 4.34. The van der Waals surface area contributed by atoms with Gasteiger partial charge in [-0.05, 0) is 54.6 Å². The number of H-pyrrole nitrogens is 1. The maximum Gasteiger partial charge on any atom is 0.259 e. The zero-order valence-corrected chi connectivity index (χ0v) is 14.1. The number of aromatic amines is 1. The minimum absolute atomic E-state index is 0.161. The number of aromatic nitrogens is 2. The molecule has 0 amide bonds. The van der Waals surface area contributed by atoms with E-state index in [9.17, 15) is 9.18 Å². The van der Waals surface area contributed by atoms with Gasteiger partial charge >= 0.3 is 0 Å². The molecule has 0 aliphatic carbocycles. The quantitative estimate of drug-likeness (QED) is 0.595. The van der Waals surface area contributed by atoms with Crippen molar-refractivity contribution < 1.29 is 4.39 Å². The van der Waals surface area contributed by atoms with Gasteiger partial charge in [-0.2, -0.15) is 0 Å². The molecule has 0 fully saturated rings. The molecule has 128 valence electrons. The fourth-order valence-corrected chi connectivity index (χ4v) is 2.90. The number of hydrogen-bond donors (Lipinski definition) is 1. The Balaban J connectivity index is 1.69. The largest absolute Gasteiger partial charge is 0.345 e. The zero-order chi connectivity index (χ0) is 18.1. The summed E-state index contributed by atoms with van der Waals surface area (Å²) >= 11 is 0. The fraction of sp³-hybridized carbons (Fsp3) is 0.0476. The number of para-hydroxylation sites is 1. The molecule has 4 nitrogen and oxygen atoms in total. The van der Waals surface area contributed by atoms with Gasteiger partial charge in [0.2, 0.25) is 0 Å². The minimum Gasteiger partial charge on any atom is -0.345 e. The molecule has 1 N–H and O–H groups in total. The Kier molecular flexibility index (Phi) is 3.97. The van der Waals surface area contributed by atoms with Gasteiger partial charge in [0.1, 0.15) is 11.6 Å². The highest BCUT2D eigenvalue weighted by Crippen LogP contribution is 2.26. The number of hydrogen-bond acceptors (Lipinski definition) is 3. The number of anilines is 2. The predicted molar refractivity (Wildman–Crippen MR) is 102 cm³/mol. The molecule has 0 unspecified atom stereocenters. The van der Waals surface area contributed by atoms with Gasteiger partial charge in [-0.25, -0.2) is 9.37 Å². The molecule has 0 bridgehead atoms. The van der Waals surface area contributed by atoms with E-state index in [2.05, 4.69) is 9.97 Å². The molecule has 4 rings (SSSR count). The maximum absolute atomic E-state index is 13.4. The van der Waals surface area contributed by atoms with Gasteiger partial charge in [0, 0.05) is 24.0 Å². The van der Waals surface area contributed by atoms with Crippen LogP contribution in [0.25, 0.3) is 22.3 Å². The standard InChI is InChI=1S/C21H16FN3O/c1-25(17-6-4-5-15(22)13-17)16-11-9-14(10-12-16)20-23-19-8-3-2-7-18(19)21(26)24-20/h2-13H,1H3,(H,23,24,26). The van der Waals surface area contributed by atoms with Crippen molar-refractivity contribution in [2.75, 3.05) is 11.9 Å². The summed E-state index contributed by atoms with van der Waals surface area (Å²) in [6.07, 6.45) is 0. The molecule has 1 aromatic heterocycles. The van der Waals surface area contributed by atoms with Crippen LogP contribution in [0.5, 0.6) is 0 Å². The van der Waals surface area contributed by atoms with Crippen molar-refractivity contribution in [1.29, 1.82) is 0 Å². The summed E-state index contributed by atoms with van der Waals surface area (Å²) in [4.78, 5) is 21.5. The lowest BCUT2D eigenvalue weighted by Crippen LogP contribution is -2.10. The van der Waals surface area contributed by atoms with Crippen molar-refractivity contribution in [3.05, 3.63) is 89.0 Å². The molecule has 0 spiro atoms. The number of nitrogens with one attached hydrogen (secondary N) is 1. The third-order valence-corrected chi connectivity index (χ3v) is 4.34. The van der Waals surface area contributed by atoms with Gasteiger partial charge in [-0.15, -0.1) is 0 Å². The van der Waals surface area contributed by atoms with E-state index in [1.165, 1.54) is 12.1 Å². The average molecular weight is 345 g/mol. The lowest BCUT2D eigenvalue weighted by molar-refractivity contribution is 0.628. The smallest absolute Gasteiger partial charge is 0.259 e. The van der Waals surface area contributed by atoms with Crippen LogP contribution in [0.4, 0.5) is 15.8 Å². The SMILES string of the molecule is CN(c1ccc(-c2nc3ccccc3c(=O)[nH]2)cc1)c1cccc(F)c1. The molecule has 5 heteroatoms. The van der Waals surface area contributed by atoms with Crippen LogP contribution in [0.15, 0.2) is 77.6 Å². The molecule has 4 aromatic rings. The van der Waals surface area contributed by atoms with E-state index in [0.29, 0.717) is 16.7 Å². The van der Waals surface area contributed by atoms with Crippen molar-refractivity contribution in [2.24, 2.45) is 0 Å². The summed E-state index contributed by atoms with van der Waals surface area (Å²) in [5, 5.41) is 0.568. The first-order valence-corrected chi connectivity index (χ1v) is 8.20. The molecular formula is C21H16FN3O. The summed E-state index contributed by atoms with van der Waals surface area (Å²) in [6.45, 7) is 0. The van der Waals surface area contributed by atoms with Crippen LogP contribution in [0.1, 0.15) is 0 Å². The molecule has 26 heavy (non-hydrogen) atoms. The highest BCUT2D eigenvalue weighted by Gasteiger charge is 2.08. The van der Waals surface area contributed by atoms with E-state index < -0.39 is 0 Å². The molecule has 0 aliphatic heterocycles. The molecule has 0 atom stereocenters. The van der Waals surface area contributed by atoms with E-state index in [4.69, 9.17) is 0 Å². The lowest BCUT2D eigenvalue weighted by atomic mass is 10.1. The predicted octanol–water partition coefficient (Wildman–Crippen LogP) is 4.50. The van der Waals surface area contributed by atoms with Crippen LogP contribution in [0.3, 0.4) is 0 Å². The Morgan fingerprint density at radius 1 is 0.923 bits per heavy atom. The van der Waals surface area contributed by atoms with Gasteiger partial charge in [-0.3, -0.25) is 4.79 Å². The van der Waals surface area contributed by atoms with Gasteiger partial charge in [0.25, 0.3) is 5.56 Å². The Morgan fingerprint density at radius 3 is 2.46 bits per heavy atom. The van der Waals surface area contributed by atoms with E-state index in [-0.39, 0.29) is 11.4 Å². The Labute approximate surface area is 149 Å². The fourth-order valence-electron chi connectivity index (χ4n) is 2.90. The number of fused-ring (bicyclic) bond motifs is 1. The Morgan fingerprint density at radius 2 is 1.69 bits per heavy atom. The number of halogens is 1. The molecule has 3 aromatic carbocycles. The number of rotatable bonds is 3. The lowest BCUT2D eigenvalue weighted by Gasteiger charge is -2.19. The van der Waals surface area contributed by atoms with E-state index in [1.54, 1.807) is 12.1 Å². The topological polar surface area (TPSA) is 49.0 Å². The molecule has 0 aliphatic rings. The van der Waals surface area contributed by atoms with Crippen molar-refractivity contribution >= 4 is 22.3 Å². The summed E-state index contributed by atoms with van der Waals surface area (Å²) < 4.78 is 13.4. The van der Waals surface area contributed by atoms with Crippen molar-refractivity contribution in [1.82, 2.24) is 9.97 Å². The summed E-state index contributed by atoms with van der Waals surface area (Å²) in [7, 11) is 1.87. The summed E-state index contributed by atoms with van der Waals surface area (Å²) in [5.41, 5.74) is 2.97. The second-order valence-electron chi connectivity index (χ2n) is 6.02. The third kappa shape index (κ3) is 2.95. The minimum atomic E-state index is -0.274. The first-order chi connectivity index (χ1) is 12.6. The van der Waals surface area contributed by atoms with Crippen molar-refractivity contribution in [3.8, 4) is 11.4 Å². The molecule has 1 heterocycles. The van der Waals surface area contributed by atoms with E-state index in [0.717, 1.165) is 16.9 Å². The van der Waals surface area contributed by atoms with E-state index >= 15 is 0 Å². The molecule has 0 radical (unpaired) electrons. The van der Waals surface area contributed by atoms with Crippen LogP contribution in [0, 0.1) is 5.82 Å². The van der Waals surface area contributed by atoms with Gasteiger partial charge in [0.05, 0.1) is 10.9 Å². The number of benzene rings is 3. The zero-order valence-electron chi connectivity index (χ0n) is 14.1. The summed E-state index contributed by atoms with van der Waals surface area (Å²) in [5.74, 6) is 0.248. The highest BCUT2D eigenvalue weighted by atomic mass is 19.1. The molecule has 0 saturated carbocycles.